The first-order valence-electron chi connectivity index (χ1n) is 7.13. The molecule has 0 amide bonds. The van der Waals surface area contributed by atoms with E-state index in [0.717, 1.165) is 5.56 Å². The van der Waals surface area contributed by atoms with Crippen molar-refractivity contribution >= 4 is 0 Å². The minimum absolute atomic E-state index is 0.218. The summed E-state index contributed by atoms with van der Waals surface area (Å²) < 4.78 is 11.2. The molecule has 0 atom stereocenters. The number of unbranched alkanes of at least 4 members (excludes halogenated alkanes) is 2. The van der Waals surface area contributed by atoms with Crippen molar-refractivity contribution in [3.8, 4) is 0 Å². The van der Waals surface area contributed by atoms with E-state index >= 15 is 0 Å². The van der Waals surface area contributed by atoms with Crippen molar-refractivity contribution in [3.05, 3.63) is 35.4 Å². The Kier molecular flexibility index (Phi) is 7.70. The van der Waals surface area contributed by atoms with Crippen LogP contribution in [0, 0.1) is 0 Å². The van der Waals surface area contributed by atoms with Crippen molar-refractivity contribution in [2.24, 2.45) is 0 Å². The lowest BCUT2D eigenvalue weighted by Crippen LogP contribution is -2.08. The first kappa shape index (κ1) is 15.2. The Bertz CT molecular complexity index is 299. The molecule has 0 fully saturated rings. The molecule has 0 aliphatic carbocycles. The van der Waals surface area contributed by atoms with E-state index in [4.69, 9.17) is 9.47 Å². The highest BCUT2D eigenvalue weighted by atomic mass is 16.7. The number of ether oxygens (including phenoxy) is 2. The molecule has 0 radical (unpaired) electrons. The van der Waals surface area contributed by atoms with Gasteiger partial charge in [0.25, 0.3) is 0 Å². The van der Waals surface area contributed by atoms with Crippen molar-refractivity contribution in [2.45, 2.75) is 52.7 Å². The van der Waals surface area contributed by atoms with Gasteiger partial charge in [-0.1, -0.05) is 44.0 Å². The predicted octanol–water partition coefficient (Wildman–Crippen LogP) is 4.49. The normalized spacial score (nSPS) is 11.1. The Labute approximate surface area is 111 Å². The zero-order valence-electron chi connectivity index (χ0n) is 11.9. The molecule has 0 saturated heterocycles. The quantitative estimate of drug-likeness (QED) is 0.475. The second-order valence-electron chi connectivity index (χ2n) is 4.44. The van der Waals surface area contributed by atoms with Gasteiger partial charge in [-0.05, 0) is 32.3 Å². The van der Waals surface area contributed by atoms with Gasteiger partial charge in [0, 0.05) is 18.8 Å². The molecule has 0 spiro atoms. The maximum atomic E-state index is 5.58. The van der Waals surface area contributed by atoms with Gasteiger partial charge in [0.1, 0.15) is 0 Å². The van der Waals surface area contributed by atoms with Gasteiger partial charge in [-0.2, -0.15) is 0 Å². The molecule has 0 unspecified atom stereocenters. The smallest absolute Gasteiger partial charge is 0.183 e. The summed E-state index contributed by atoms with van der Waals surface area (Å²) in [5, 5.41) is 0. The highest BCUT2D eigenvalue weighted by Crippen LogP contribution is 2.20. The Hall–Kier alpha value is -0.860. The van der Waals surface area contributed by atoms with E-state index in [1.807, 2.05) is 13.8 Å². The zero-order chi connectivity index (χ0) is 13.2. The van der Waals surface area contributed by atoms with Crippen LogP contribution in [0.4, 0.5) is 0 Å². The molecule has 2 nitrogen and oxygen atoms in total. The fourth-order valence-electron chi connectivity index (χ4n) is 1.96. The summed E-state index contributed by atoms with van der Waals surface area (Å²) in [6.45, 7) is 7.56. The molecule has 1 rings (SSSR count). The molecule has 0 aliphatic heterocycles. The monoisotopic (exact) mass is 250 g/mol. The molecular weight excluding hydrogens is 224 g/mol. The predicted molar refractivity (Wildman–Crippen MR) is 75.7 cm³/mol. The minimum atomic E-state index is -0.218. The van der Waals surface area contributed by atoms with Crippen molar-refractivity contribution in [1.82, 2.24) is 0 Å². The SMILES string of the molecule is CCCCCc1ccc(C(OCC)OCC)cc1. The summed E-state index contributed by atoms with van der Waals surface area (Å²) in [5.74, 6) is 0. The van der Waals surface area contributed by atoms with E-state index in [2.05, 4.69) is 31.2 Å². The number of rotatable bonds is 9. The van der Waals surface area contributed by atoms with Gasteiger partial charge < -0.3 is 9.47 Å². The van der Waals surface area contributed by atoms with Gasteiger partial charge >= 0.3 is 0 Å². The third-order valence-electron chi connectivity index (χ3n) is 2.96. The number of hydrogen-bond donors (Lipinski definition) is 0. The zero-order valence-corrected chi connectivity index (χ0v) is 11.9. The first-order valence-corrected chi connectivity index (χ1v) is 7.13. The van der Waals surface area contributed by atoms with E-state index < -0.39 is 0 Å². The fraction of sp³-hybridized carbons (Fsp3) is 0.625. The molecule has 0 bridgehead atoms. The standard InChI is InChI=1S/C16H26O2/c1-4-7-8-9-14-10-12-15(13-11-14)16(17-5-2)18-6-3/h10-13,16H,4-9H2,1-3H3. The molecular formula is C16H26O2. The van der Waals surface area contributed by atoms with E-state index in [0.29, 0.717) is 13.2 Å². The van der Waals surface area contributed by atoms with E-state index in [9.17, 15) is 0 Å². The van der Waals surface area contributed by atoms with Crippen LogP contribution in [-0.2, 0) is 15.9 Å². The van der Waals surface area contributed by atoms with E-state index in [1.54, 1.807) is 0 Å². The molecule has 0 heterocycles. The third-order valence-corrected chi connectivity index (χ3v) is 2.96. The Morgan fingerprint density at radius 2 is 1.50 bits per heavy atom. The molecule has 0 aromatic heterocycles. The van der Waals surface area contributed by atoms with Crippen LogP contribution in [0.25, 0.3) is 0 Å². The Balaban J connectivity index is 2.56. The van der Waals surface area contributed by atoms with Crippen LogP contribution in [0.5, 0.6) is 0 Å². The van der Waals surface area contributed by atoms with Crippen LogP contribution in [0.3, 0.4) is 0 Å². The van der Waals surface area contributed by atoms with Crippen LogP contribution in [0.1, 0.15) is 57.5 Å². The molecule has 2 heteroatoms. The second kappa shape index (κ2) is 9.12. The summed E-state index contributed by atoms with van der Waals surface area (Å²) >= 11 is 0. The van der Waals surface area contributed by atoms with Crippen molar-refractivity contribution in [1.29, 1.82) is 0 Å². The summed E-state index contributed by atoms with van der Waals surface area (Å²) in [4.78, 5) is 0. The molecule has 0 aliphatic rings. The molecule has 0 saturated carbocycles. The van der Waals surface area contributed by atoms with Crippen LogP contribution < -0.4 is 0 Å². The number of aryl methyl sites for hydroxylation is 1. The molecule has 102 valence electrons. The Morgan fingerprint density at radius 3 is 2.00 bits per heavy atom. The van der Waals surface area contributed by atoms with Gasteiger partial charge in [0.05, 0.1) is 0 Å². The number of hydrogen-bond acceptors (Lipinski definition) is 2. The molecule has 18 heavy (non-hydrogen) atoms. The summed E-state index contributed by atoms with van der Waals surface area (Å²) in [7, 11) is 0. The summed E-state index contributed by atoms with van der Waals surface area (Å²) in [6.07, 6.45) is 4.81. The van der Waals surface area contributed by atoms with Crippen LogP contribution in [0.2, 0.25) is 0 Å². The third kappa shape index (κ3) is 5.19. The van der Waals surface area contributed by atoms with Gasteiger partial charge in [0.2, 0.25) is 0 Å². The van der Waals surface area contributed by atoms with Crippen molar-refractivity contribution in [3.63, 3.8) is 0 Å². The van der Waals surface area contributed by atoms with Crippen molar-refractivity contribution in [2.75, 3.05) is 13.2 Å². The summed E-state index contributed by atoms with van der Waals surface area (Å²) in [6, 6.07) is 8.63. The highest BCUT2D eigenvalue weighted by Gasteiger charge is 2.10. The van der Waals surface area contributed by atoms with Gasteiger partial charge in [-0.25, -0.2) is 0 Å². The Morgan fingerprint density at radius 1 is 0.889 bits per heavy atom. The molecule has 0 N–H and O–H groups in total. The second-order valence-corrected chi connectivity index (χ2v) is 4.44. The average Bonchev–Trinajstić information content (AvgIpc) is 2.40. The fourth-order valence-corrected chi connectivity index (χ4v) is 1.96. The highest BCUT2D eigenvalue weighted by molar-refractivity contribution is 5.23. The maximum absolute atomic E-state index is 5.58. The topological polar surface area (TPSA) is 18.5 Å². The first-order chi connectivity index (χ1) is 8.81. The van der Waals surface area contributed by atoms with Gasteiger partial charge in [-0.15, -0.1) is 0 Å². The lowest BCUT2D eigenvalue weighted by Gasteiger charge is -2.17. The lowest BCUT2D eigenvalue weighted by molar-refractivity contribution is -0.140. The van der Waals surface area contributed by atoms with Gasteiger partial charge in [-0.3, -0.25) is 0 Å². The average molecular weight is 250 g/mol. The lowest BCUT2D eigenvalue weighted by atomic mass is 10.1. The van der Waals surface area contributed by atoms with E-state index in [1.165, 1.54) is 31.2 Å². The van der Waals surface area contributed by atoms with Crippen LogP contribution >= 0.6 is 0 Å². The van der Waals surface area contributed by atoms with Crippen LogP contribution in [0.15, 0.2) is 24.3 Å². The van der Waals surface area contributed by atoms with Crippen molar-refractivity contribution < 1.29 is 9.47 Å². The molecule has 1 aromatic rings. The van der Waals surface area contributed by atoms with Gasteiger partial charge in [0.15, 0.2) is 6.29 Å². The largest absolute Gasteiger partial charge is 0.349 e. The maximum Gasteiger partial charge on any atom is 0.183 e. The number of benzene rings is 1. The summed E-state index contributed by atoms with van der Waals surface area (Å²) in [5.41, 5.74) is 2.51. The van der Waals surface area contributed by atoms with Crippen LogP contribution in [-0.4, -0.2) is 13.2 Å². The molecule has 1 aromatic carbocycles. The minimum Gasteiger partial charge on any atom is -0.349 e. The van der Waals surface area contributed by atoms with E-state index in [-0.39, 0.29) is 6.29 Å².